The Morgan fingerprint density at radius 2 is 2.31 bits per heavy atom. The first-order valence-electron chi connectivity index (χ1n) is 3.70. The quantitative estimate of drug-likeness (QED) is 0.367. The number of hydrazine groups is 1. The van der Waals surface area contributed by atoms with Crippen LogP contribution in [-0.2, 0) is 4.79 Å². The predicted octanol–water partition coefficient (Wildman–Crippen LogP) is 1.07. The van der Waals surface area contributed by atoms with Crippen molar-refractivity contribution in [3.05, 3.63) is 35.9 Å². The van der Waals surface area contributed by atoms with Crippen LogP contribution >= 0.6 is 0 Å². The highest BCUT2D eigenvalue weighted by Crippen LogP contribution is 2.10. The van der Waals surface area contributed by atoms with E-state index in [9.17, 15) is 4.79 Å². The molecule has 0 saturated heterocycles. The van der Waals surface area contributed by atoms with Crippen LogP contribution in [0.25, 0.3) is 6.08 Å². The average Bonchev–Trinajstić information content (AvgIpc) is 2.15. The van der Waals surface area contributed by atoms with E-state index in [1.807, 2.05) is 0 Å². The van der Waals surface area contributed by atoms with Crippen LogP contribution in [0, 0.1) is 0 Å². The summed E-state index contributed by atoms with van der Waals surface area (Å²) in [6.07, 6.45) is 2.58. The van der Waals surface area contributed by atoms with Gasteiger partial charge in [0.05, 0.1) is 0 Å². The Kier molecular flexibility index (Phi) is 3.05. The van der Waals surface area contributed by atoms with Gasteiger partial charge in [0.15, 0.2) is 0 Å². The fourth-order valence-corrected chi connectivity index (χ4v) is 0.900. The van der Waals surface area contributed by atoms with E-state index in [-0.39, 0.29) is 0 Å². The summed E-state index contributed by atoms with van der Waals surface area (Å²) in [5.41, 5.74) is 4.01. The Bertz CT molecular complexity index is 334. The normalized spacial score (nSPS) is 10.2. The second-order valence-electron chi connectivity index (χ2n) is 2.44. The maximum absolute atomic E-state index is 10.2. The maximum Gasteiger partial charge on any atom is 0.328 e. The molecule has 0 bridgehead atoms. The molecule has 1 aromatic carbocycles. The molecule has 0 atom stereocenters. The third-order valence-electron chi connectivity index (χ3n) is 1.47. The van der Waals surface area contributed by atoms with Gasteiger partial charge in [-0.15, -0.1) is 0 Å². The molecule has 0 aliphatic carbocycles. The number of rotatable bonds is 3. The minimum Gasteiger partial charge on any atom is -0.478 e. The van der Waals surface area contributed by atoms with Crippen molar-refractivity contribution in [1.82, 2.24) is 0 Å². The van der Waals surface area contributed by atoms with Crippen LogP contribution in [0.4, 0.5) is 5.69 Å². The number of hydrogen-bond acceptors (Lipinski definition) is 3. The van der Waals surface area contributed by atoms with E-state index in [4.69, 9.17) is 10.9 Å². The average molecular weight is 178 g/mol. The summed E-state index contributed by atoms with van der Waals surface area (Å²) < 4.78 is 0. The number of benzene rings is 1. The smallest absolute Gasteiger partial charge is 0.328 e. The molecule has 0 saturated carbocycles. The van der Waals surface area contributed by atoms with Gasteiger partial charge in [0.25, 0.3) is 0 Å². The molecule has 0 heterocycles. The van der Waals surface area contributed by atoms with Crippen LogP contribution in [0.15, 0.2) is 30.3 Å². The first kappa shape index (κ1) is 9.28. The molecular formula is C9H10N2O2. The lowest BCUT2D eigenvalue weighted by Gasteiger charge is -1.99. The van der Waals surface area contributed by atoms with Crippen molar-refractivity contribution >= 4 is 17.7 Å². The second-order valence-corrected chi connectivity index (χ2v) is 2.44. The van der Waals surface area contributed by atoms with Crippen molar-refractivity contribution < 1.29 is 9.90 Å². The van der Waals surface area contributed by atoms with Crippen LogP contribution in [0.3, 0.4) is 0 Å². The molecule has 4 heteroatoms. The van der Waals surface area contributed by atoms with Gasteiger partial charge in [-0.1, -0.05) is 12.1 Å². The molecule has 68 valence electrons. The van der Waals surface area contributed by atoms with Gasteiger partial charge in [-0.05, 0) is 23.8 Å². The number of nitrogens with one attached hydrogen (secondary N) is 1. The lowest BCUT2D eigenvalue weighted by atomic mass is 10.2. The molecule has 0 aliphatic heterocycles. The van der Waals surface area contributed by atoms with Gasteiger partial charge in [0.1, 0.15) is 0 Å². The SMILES string of the molecule is NNc1cccc(C=CC(=O)O)c1. The van der Waals surface area contributed by atoms with E-state index in [1.165, 1.54) is 6.08 Å². The van der Waals surface area contributed by atoms with Gasteiger partial charge in [-0.3, -0.25) is 5.84 Å². The summed E-state index contributed by atoms with van der Waals surface area (Å²) in [5.74, 6) is 4.22. The van der Waals surface area contributed by atoms with E-state index >= 15 is 0 Å². The standard InChI is InChI=1S/C9H10N2O2/c10-11-8-3-1-2-7(6-8)4-5-9(12)13/h1-6,11H,10H2,(H,12,13). The van der Waals surface area contributed by atoms with E-state index < -0.39 is 5.97 Å². The lowest BCUT2D eigenvalue weighted by Crippen LogP contribution is -2.06. The Hall–Kier alpha value is -1.81. The zero-order valence-corrected chi connectivity index (χ0v) is 6.90. The monoisotopic (exact) mass is 178 g/mol. The lowest BCUT2D eigenvalue weighted by molar-refractivity contribution is -0.131. The summed E-state index contributed by atoms with van der Waals surface area (Å²) in [4.78, 5) is 10.2. The Labute approximate surface area is 75.7 Å². The number of hydrogen-bond donors (Lipinski definition) is 3. The van der Waals surface area contributed by atoms with E-state index in [1.54, 1.807) is 24.3 Å². The molecule has 1 rings (SSSR count). The fourth-order valence-electron chi connectivity index (χ4n) is 0.900. The van der Waals surface area contributed by atoms with Crippen molar-refractivity contribution in [3.8, 4) is 0 Å². The van der Waals surface area contributed by atoms with E-state index in [2.05, 4.69) is 5.43 Å². The highest BCUT2D eigenvalue weighted by atomic mass is 16.4. The van der Waals surface area contributed by atoms with Crippen LogP contribution in [0.5, 0.6) is 0 Å². The van der Waals surface area contributed by atoms with Crippen molar-refractivity contribution in [3.63, 3.8) is 0 Å². The molecule has 1 aromatic rings. The van der Waals surface area contributed by atoms with Gasteiger partial charge in [-0.25, -0.2) is 4.79 Å². The highest BCUT2D eigenvalue weighted by molar-refractivity contribution is 5.85. The van der Waals surface area contributed by atoms with Crippen LogP contribution in [0.2, 0.25) is 0 Å². The number of anilines is 1. The predicted molar refractivity (Wildman–Crippen MR) is 50.9 cm³/mol. The molecule has 4 N–H and O–H groups in total. The van der Waals surface area contributed by atoms with Gasteiger partial charge in [-0.2, -0.15) is 0 Å². The number of nitrogens with two attached hydrogens (primary N) is 1. The summed E-state index contributed by atoms with van der Waals surface area (Å²) in [5, 5.41) is 8.37. The van der Waals surface area contributed by atoms with E-state index in [0.717, 1.165) is 17.3 Å². The Balaban J connectivity index is 2.83. The molecule has 4 nitrogen and oxygen atoms in total. The molecule has 0 amide bonds. The summed E-state index contributed by atoms with van der Waals surface area (Å²) in [7, 11) is 0. The van der Waals surface area contributed by atoms with E-state index in [0.29, 0.717) is 0 Å². The minimum atomic E-state index is -0.967. The zero-order valence-electron chi connectivity index (χ0n) is 6.90. The molecule has 0 aliphatic rings. The third kappa shape index (κ3) is 2.96. The first-order valence-corrected chi connectivity index (χ1v) is 3.70. The molecule has 0 fully saturated rings. The number of carboxylic acid groups (broad SMARTS) is 1. The number of carboxylic acids is 1. The van der Waals surface area contributed by atoms with Crippen LogP contribution < -0.4 is 11.3 Å². The summed E-state index contributed by atoms with van der Waals surface area (Å²) in [6.45, 7) is 0. The van der Waals surface area contributed by atoms with Crippen molar-refractivity contribution in [2.45, 2.75) is 0 Å². The Morgan fingerprint density at radius 1 is 1.54 bits per heavy atom. The Morgan fingerprint density at radius 3 is 2.92 bits per heavy atom. The number of carbonyl (C=O) groups is 1. The molecule has 0 radical (unpaired) electrons. The number of aliphatic carboxylic acids is 1. The highest BCUT2D eigenvalue weighted by Gasteiger charge is 1.91. The topological polar surface area (TPSA) is 75.3 Å². The van der Waals surface area contributed by atoms with Gasteiger partial charge in [0.2, 0.25) is 0 Å². The maximum atomic E-state index is 10.2. The van der Waals surface area contributed by atoms with Crippen molar-refractivity contribution in [1.29, 1.82) is 0 Å². The molecule has 0 unspecified atom stereocenters. The minimum absolute atomic E-state index is 0.743. The molecular weight excluding hydrogens is 168 g/mol. The first-order chi connectivity index (χ1) is 6.22. The van der Waals surface area contributed by atoms with Crippen molar-refractivity contribution in [2.24, 2.45) is 5.84 Å². The summed E-state index contributed by atoms with van der Waals surface area (Å²) in [6, 6.07) is 7.12. The van der Waals surface area contributed by atoms with Crippen LogP contribution in [0.1, 0.15) is 5.56 Å². The van der Waals surface area contributed by atoms with Gasteiger partial charge in [0, 0.05) is 11.8 Å². The van der Waals surface area contributed by atoms with Crippen molar-refractivity contribution in [2.75, 3.05) is 5.43 Å². The third-order valence-corrected chi connectivity index (χ3v) is 1.47. The van der Waals surface area contributed by atoms with Crippen LogP contribution in [-0.4, -0.2) is 11.1 Å². The summed E-state index contributed by atoms with van der Waals surface area (Å²) >= 11 is 0. The number of nitrogen functional groups attached to an aromatic ring is 1. The largest absolute Gasteiger partial charge is 0.478 e. The fraction of sp³-hybridized carbons (Fsp3) is 0. The zero-order chi connectivity index (χ0) is 9.68. The molecule has 13 heavy (non-hydrogen) atoms. The van der Waals surface area contributed by atoms with Gasteiger partial charge >= 0.3 is 5.97 Å². The molecule has 0 aromatic heterocycles. The second kappa shape index (κ2) is 4.27. The molecule has 0 spiro atoms. The van der Waals surface area contributed by atoms with Gasteiger partial charge < -0.3 is 10.5 Å².